The number of ketones is 2. The third-order valence-electron chi connectivity index (χ3n) is 11.2. The zero-order valence-corrected chi connectivity index (χ0v) is 25.4. The van der Waals surface area contributed by atoms with Crippen LogP contribution in [0.1, 0.15) is 123 Å². The number of aliphatic hydroxyl groups excluding tert-OH is 1. The van der Waals surface area contributed by atoms with Crippen LogP contribution in [0.4, 0.5) is 0 Å². The van der Waals surface area contributed by atoms with E-state index in [4.69, 9.17) is 15.2 Å². The molecule has 4 unspecified atom stereocenters. The summed E-state index contributed by atoms with van der Waals surface area (Å²) >= 11 is 0. The van der Waals surface area contributed by atoms with Crippen molar-refractivity contribution in [1.29, 1.82) is 0 Å². The molecule has 2 aliphatic heterocycles. The molecule has 8 nitrogen and oxygen atoms in total. The van der Waals surface area contributed by atoms with Gasteiger partial charge in [0.1, 0.15) is 11.8 Å². The van der Waals surface area contributed by atoms with E-state index in [-0.39, 0.29) is 30.8 Å². The number of aliphatic hydroxyl groups is 1. The van der Waals surface area contributed by atoms with Gasteiger partial charge in [-0.1, -0.05) is 38.2 Å². The number of piperidine rings is 1. The van der Waals surface area contributed by atoms with Crippen LogP contribution >= 0.6 is 0 Å². The normalized spacial score (nSPS) is 36.8. The minimum Gasteiger partial charge on any atom is -0.457 e. The Bertz CT molecular complexity index is 1030. The summed E-state index contributed by atoms with van der Waals surface area (Å²) in [7, 11) is 0. The number of rotatable bonds is 12. The first kappa shape index (κ1) is 30.8. The molecule has 8 heteroatoms. The van der Waals surface area contributed by atoms with E-state index < -0.39 is 34.6 Å². The smallest absolute Gasteiger partial charge is 0.350 e. The Labute approximate surface area is 245 Å². The van der Waals surface area contributed by atoms with Gasteiger partial charge in [-0.3, -0.25) is 15.3 Å². The Morgan fingerprint density at radius 3 is 2.44 bits per heavy atom. The van der Waals surface area contributed by atoms with Crippen LogP contribution in [0, 0.1) is 17.8 Å². The number of esters is 1. The summed E-state index contributed by atoms with van der Waals surface area (Å²) in [5.74, 6) is -1.39. The summed E-state index contributed by atoms with van der Waals surface area (Å²) in [5, 5.41) is 12.7. The third kappa shape index (κ3) is 5.71. The maximum absolute atomic E-state index is 14.2. The van der Waals surface area contributed by atoms with Crippen molar-refractivity contribution in [2.45, 2.75) is 146 Å². The summed E-state index contributed by atoms with van der Waals surface area (Å²) in [5.41, 5.74) is 3.89. The minimum atomic E-state index is -1.87. The van der Waals surface area contributed by atoms with Crippen molar-refractivity contribution in [2.24, 2.45) is 23.5 Å². The molecule has 0 spiro atoms. The number of quaternary nitrogens is 1. The van der Waals surface area contributed by atoms with Crippen molar-refractivity contribution in [1.82, 2.24) is 0 Å². The third-order valence-corrected chi connectivity index (χ3v) is 11.2. The highest BCUT2D eigenvalue weighted by Gasteiger charge is 2.87. The number of nitrogens with two attached hydrogens (primary N) is 2. The molecule has 0 bridgehead atoms. The van der Waals surface area contributed by atoms with E-state index in [1.807, 2.05) is 6.92 Å². The Balaban J connectivity index is 1.40. The van der Waals surface area contributed by atoms with Crippen LogP contribution < -0.4 is 11.1 Å². The van der Waals surface area contributed by atoms with E-state index in [9.17, 15) is 19.5 Å². The van der Waals surface area contributed by atoms with Gasteiger partial charge in [0.15, 0.2) is 17.2 Å². The molecule has 5 fully saturated rings. The van der Waals surface area contributed by atoms with E-state index in [1.165, 1.54) is 0 Å². The number of fused-ring (bicyclic) bond motifs is 2. The SMILES string of the molecule is CCCCCC1(OC(=O)[C@]23O[C@@]2(CC(CO)=C(C)CCC2CC[NH2+]C(N)C2)C(=O)C2CCCCC2C3=O)CCCC1. The Morgan fingerprint density at radius 1 is 1.07 bits per heavy atom. The molecule has 5 aliphatic rings. The van der Waals surface area contributed by atoms with Gasteiger partial charge in [0.2, 0.25) is 0 Å². The molecule has 2 saturated heterocycles. The molecule has 230 valence electrons. The van der Waals surface area contributed by atoms with Crippen LogP contribution in [0.5, 0.6) is 0 Å². The van der Waals surface area contributed by atoms with E-state index in [2.05, 4.69) is 12.2 Å². The van der Waals surface area contributed by atoms with Crippen molar-refractivity contribution in [3.63, 3.8) is 0 Å². The fraction of sp³-hybridized carbons (Fsp3) is 0.848. The summed E-state index contributed by atoms with van der Waals surface area (Å²) in [6.45, 7) is 4.96. The fourth-order valence-electron chi connectivity index (χ4n) is 8.62. The van der Waals surface area contributed by atoms with Crippen molar-refractivity contribution in [3.8, 4) is 0 Å². The Kier molecular flexibility index (Phi) is 9.44. The molecule has 6 atom stereocenters. The lowest BCUT2D eigenvalue weighted by Crippen LogP contribution is -2.94. The van der Waals surface area contributed by atoms with Gasteiger partial charge in [-0.05, 0) is 89.0 Å². The second-order valence-electron chi connectivity index (χ2n) is 13.9. The average Bonchev–Trinajstić information content (AvgIpc) is 3.48. The molecule has 5 N–H and O–H groups in total. The van der Waals surface area contributed by atoms with Crippen LogP contribution in [0.15, 0.2) is 11.1 Å². The maximum atomic E-state index is 14.2. The zero-order chi connectivity index (χ0) is 29.3. The standard InChI is InChI=1S/C33H52N2O6/c1-3-4-7-15-31(16-8-9-17-31)40-30(39)33-29(38)26-11-6-5-10-25(26)28(37)32(33,41-33)20-24(21-36)22(2)12-13-23-14-18-35-27(34)19-23/h23,25-27,35-36H,3-21,34H2,1-2H3/p+1/t23?,25?,26?,27?,32-,33-/m0/s1. The van der Waals surface area contributed by atoms with Crippen molar-refractivity contribution >= 4 is 17.5 Å². The Morgan fingerprint density at radius 2 is 1.78 bits per heavy atom. The number of epoxide rings is 1. The molecule has 3 saturated carbocycles. The highest BCUT2D eigenvalue weighted by molar-refractivity contribution is 6.23. The average molecular weight is 574 g/mol. The molecule has 0 radical (unpaired) electrons. The predicted octanol–water partition coefficient (Wildman–Crippen LogP) is 3.63. The van der Waals surface area contributed by atoms with Gasteiger partial charge in [0.25, 0.3) is 5.60 Å². The lowest BCUT2D eigenvalue weighted by Gasteiger charge is -2.38. The summed E-state index contributed by atoms with van der Waals surface area (Å²) in [6.07, 6.45) is 14.6. The molecule has 2 heterocycles. The summed E-state index contributed by atoms with van der Waals surface area (Å²) in [6, 6.07) is 0. The van der Waals surface area contributed by atoms with Gasteiger partial charge in [0.05, 0.1) is 13.2 Å². The van der Waals surface area contributed by atoms with Crippen LogP contribution in [0.3, 0.4) is 0 Å². The molecule has 3 aliphatic carbocycles. The number of ether oxygens (including phenoxy) is 2. The molecule has 5 rings (SSSR count). The molecule has 0 aromatic rings. The topological polar surface area (TPSA) is 136 Å². The van der Waals surface area contributed by atoms with Crippen molar-refractivity contribution < 1.29 is 34.3 Å². The largest absolute Gasteiger partial charge is 0.457 e. The fourth-order valence-corrected chi connectivity index (χ4v) is 8.62. The second kappa shape index (κ2) is 12.6. The second-order valence-corrected chi connectivity index (χ2v) is 13.9. The quantitative estimate of drug-likeness (QED) is 0.107. The monoisotopic (exact) mass is 573 g/mol. The van der Waals surface area contributed by atoms with Crippen LogP contribution in [0.25, 0.3) is 0 Å². The lowest BCUT2D eigenvalue weighted by molar-refractivity contribution is -0.699. The van der Waals surface area contributed by atoms with Gasteiger partial charge < -0.3 is 19.9 Å². The van der Waals surface area contributed by atoms with E-state index in [0.29, 0.717) is 24.3 Å². The number of unbranched alkanes of at least 4 members (excludes halogenated alkanes) is 2. The molecule has 41 heavy (non-hydrogen) atoms. The first-order valence-electron chi connectivity index (χ1n) is 16.6. The molecule has 0 amide bonds. The lowest BCUT2D eigenvalue weighted by atomic mass is 9.60. The van der Waals surface area contributed by atoms with Crippen LogP contribution in [-0.4, -0.2) is 58.8 Å². The number of allylic oxidation sites excluding steroid dienone is 1. The van der Waals surface area contributed by atoms with E-state index in [0.717, 1.165) is 102 Å². The summed E-state index contributed by atoms with van der Waals surface area (Å²) in [4.78, 5) is 42.6. The van der Waals surface area contributed by atoms with E-state index in [1.54, 1.807) is 0 Å². The highest BCUT2D eigenvalue weighted by atomic mass is 16.7. The minimum absolute atomic E-state index is 0.0824. The number of Topliss-reactive ketones (excluding diaryl/α,β-unsaturated/α-hetero) is 2. The zero-order valence-electron chi connectivity index (χ0n) is 25.4. The molecule has 0 aromatic carbocycles. The van der Waals surface area contributed by atoms with Crippen molar-refractivity contribution in [2.75, 3.05) is 13.2 Å². The number of carbonyl (C=O) groups is 3. The predicted molar refractivity (Wildman–Crippen MR) is 155 cm³/mol. The molecular weight excluding hydrogens is 520 g/mol. The number of hydrogen-bond donors (Lipinski definition) is 3. The molecular formula is C33H53N2O6+. The van der Waals surface area contributed by atoms with Crippen LogP contribution in [0.2, 0.25) is 0 Å². The highest BCUT2D eigenvalue weighted by Crippen LogP contribution is 2.62. The maximum Gasteiger partial charge on any atom is 0.350 e. The van der Waals surface area contributed by atoms with Gasteiger partial charge in [0, 0.05) is 24.7 Å². The van der Waals surface area contributed by atoms with E-state index >= 15 is 0 Å². The van der Waals surface area contributed by atoms with Crippen molar-refractivity contribution in [3.05, 3.63) is 11.1 Å². The summed E-state index contributed by atoms with van der Waals surface area (Å²) < 4.78 is 12.6. The first-order chi connectivity index (χ1) is 19.7. The van der Waals surface area contributed by atoms with Gasteiger partial charge in [-0.25, -0.2) is 4.79 Å². The van der Waals surface area contributed by atoms with Crippen LogP contribution in [-0.2, 0) is 23.9 Å². The Hall–Kier alpha value is -1.61. The number of hydrogen-bond acceptors (Lipinski definition) is 7. The number of carbonyl (C=O) groups excluding carboxylic acids is 3. The van der Waals surface area contributed by atoms with Gasteiger partial charge >= 0.3 is 5.97 Å². The molecule has 0 aromatic heterocycles. The van der Waals surface area contributed by atoms with Gasteiger partial charge in [-0.2, -0.15) is 0 Å². The van der Waals surface area contributed by atoms with Gasteiger partial charge in [-0.15, -0.1) is 0 Å². The first-order valence-corrected chi connectivity index (χ1v) is 16.6.